The lowest BCUT2D eigenvalue weighted by Crippen LogP contribution is -2.45. The van der Waals surface area contributed by atoms with Crippen LogP contribution in [0, 0.1) is 0 Å². The zero-order valence-corrected chi connectivity index (χ0v) is 19.6. The molecule has 33 heavy (non-hydrogen) atoms. The molecule has 0 saturated carbocycles. The molecular weight excluding hydrogens is 422 g/mol. The highest BCUT2D eigenvalue weighted by Gasteiger charge is 2.29. The van der Waals surface area contributed by atoms with E-state index in [0.717, 1.165) is 63.9 Å². The Hall–Kier alpha value is -2.69. The highest BCUT2D eigenvalue weighted by molar-refractivity contribution is 5.75. The standard InChI is InChI=1S/C23H35N7O3/c1-18-3-4-19(24)23(2,16-18)28-25-17-20-26-21(30-8-12-32-13-9-30)15-22(27-20)33-14-7-29-5-10-31-11-6-29/h3-4,15,17,28H,5-14,16,24H2,1-2H3/b25-17+. The summed E-state index contributed by atoms with van der Waals surface area (Å²) in [6.45, 7) is 11.8. The van der Waals surface area contributed by atoms with E-state index in [1.165, 1.54) is 5.57 Å². The Morgan fingerprint density at radius 1 is 1.15 bits per heavy atom. The van der Waals surface area contributed by atoms with Crippen LogP contribution in [0.5, 0.6) is 5.88 Å². The summed E-state index contributed by atoms with van der Waals surface area (Å²) >= 11 is 0. The van der Waals surface area contributed by atoms with E-state index in [9.17, 15) is 0 Å². The summed E-state index contributed by atoms with van der Waals surface area (Å²) in [6, 6.07) is 1.90. The Labute approximate surface area is 195 Å². The van der Waals surface area contributed by atoms with Gasteiger partial charge < -0.3 is 24.8 Å². The van der Waals surface area contributed by atoms with Gasteiger partial charge in [0.1, 0.15) is 12.4 Å². The molecular formula is C23H35N7O3. The summed E-state index contributed by atoms with van der Waals surface area (Å²) in [6.07, 6.45) is 6.39. The Morgan fingerprint density at radius 2 is 1.88 bits per heavy atom. The zero-order valence-electron chi connectivity index (χ0n) is 19.6. The fraction of sp³-hybridized carbons (Fsp3) is 0.609. The Morgan fingerprint density at radius 3 is 2.64 bits per heavy atom. The van der Waals surface area contributed by atoms with E-state index < -0.39 is 5.54 Å². The van der Waals surface area contributed by atoms with Gasteiger partial charge in [-0.1, -0.05) is 11.6 Å². The van der Waals surface area contributed by atoms with Crippen molar-refractivity contribution in [1.82, 2.24) is 20.3 Å². The highest BCUT2D eigenvalue weighted by Crippen LogP contribution is 2.26. The molecule has 1 aromatic rings. The van der Waals surface area contributed by atoms with Crippen molar-refractivity contribution in [3.8, 4) is 5.88 Å². The number of morpholine rings is 2. The Bertz CT molecular complexity index is 892. The Balaban J connectivity index is 1.44. The molecule has 4 rings (SSSR count). The van der Waals surface area contributed by atoms with Crippen LogP contribution < -0.4 is 20.8 Å². The molecule has 0 bridgehead atoms. The smallest absolute Gasteiger partial charge is 0.219 e. The predicted molar refractivity (Wildman–Crippen MR) is 128 cm³/mol. The van der Waals surface area contributed by atoms with Gasteiger partial charge in [0.15, 0.2) is 5.82 Å². The fourth-order valence-corrected chi connectivity index (χ4v) is 4.09. The van der Waals surface area contributed by atoms with E-state index in [0.29, 0.717) is 31.5 Å². The van der Waals surface area contributed by atoms with E-state index in [1.807, 2.05) is 25.1 Å². The number of hydrogen-bond acceptors (Lipinski definition) is 10. The lowest BCUT2D eigenvalue weighted by atomic mass is 9.87. The zero-order chi connectivity index (χ0) is 23.1. The third-order valence-electron chi connectivity index (χ3n) is 6.11. The molecule has 1 unspecified atom stereocenters. The summed E-state index contributed by atoms with van der Waals surface area (Å²) in [5, 5.41) is 4.43. The first-order valence-electron chi connectivity index (χ1n) is 11.6. The van der Waals surface area contributed by atoms with Crippen molar-refractivity contribution in [2.75, 3.05) is 70.7 Å². The van der Waals surface area contributed by atoms with Crippen LogP contribution in [0.25, 0.3) is 0 Å². The number of rotatable bonds is 8. The van der Waals surface area contributed by atoms with Gasteiger partial charge in [0.2, 0.25) is 5.88 Å². The number of hydrogen-bond donors (Lipinski definition) is 2. The SMILES string of the molecule is CC1=CC=C(N)C(C)(N/N=C/c2nc(OCCN3CCOCC3)cc(N3CCOCC3)n2)C1. The van der Waals surface area contributed by atoms with E-state index >= 15 is 0 Å². The van der Waals surface area contributed by atoms with Gasteiger partial charge in [-0.3, -0.25) is 10.3 Å². The average molecular weight is 458 g/mol. The molecule has 1 atom stereocenters. The molecule has 2 aliphatic heterocycles. The van der Waals surface area contributed by atoms with E-state index in [-0.39, 0.29) is 0 Å². The van der Waals surface area contributed by atoms with Crippen molar-refractivity contribution in [2.24, 2.45) is 10.8 Å². The molecule has 10 nitrogen and oxygen atoms in total. The van der Waals surface area contributed by atoms with Crippen molar-refractivity contribution in [3.63, 3.8) is 0 Å². The van der Waals surface area contributed by atoms with Crippen LogP contribution in [0.2, 0.25) is 0 Å². The summed E-state index contributed by atoms with van der Waals surface area (Å²) in [5.41, 5.74) is 11.0. The van der Waals surface area contributed by atoms with Gasteiger partial charge in [-0.05, 0) is 26.3 Å². The molecule has 2 fully saturated rings. The number of nitrogens with zero attached hydrogens (tertiary/aromatic N) is 5. The third-order valence-corrected chi connectivity index (χ3v) is 6.11. The quantitative estimate of drug-likeness (QED) is 0.434. The van der Waals surface area contributed by atoms with Gasteiger partial charge in [-0.25, -0.2) is 4.98 Å². The number of nitrogens with one attached hydrogen (secondary N) is 1. The molecule has 1 aliphatic carbocycles. The second-order valence-electron chi connectivity index (χ2n) is 8.84. The van der Waals surface area contributed by atoms with Crippen LogP contribution in [-0.2, 0) is 9.47 Å². The Kier molecular flexibility index (Phi) is 7.79. The number of ether oxygens (including phenoxy) is 3. The van der Waals surface area contributed by atoms with Gasteiger partial charge in [-0.2, -0.15) is 10.1 Å². The molecule has 10 heteroatoms. The minimum Gasteiger partial charge on any atom is -0.476 e. The van der Waals surface area contributed by atoms with Gasteiger partial charge >= 0.3 is 0 Å². The van der Waals surface area contributed by atoms with Gasteiger partial charge in [0.05, 0.1) is 38.2 Å². The van der Waals surface area contributed by atoms with Crippen molar-refractivity contribution in [2.45, 2.75) is 25.8 Å². The molecule has 3 heterocycles. The molecule has 0 amide bonds. The van der Waals surface area contributed by atoms with Gasteiger partial charge in [0.25, 0.3) is 0 Å². The van der Waals surface area contributed by atoms with E-state index in [1.54, 1.807) is 6.21 Å². The first kappa shape index (κ1) is 23.5. The minimum absolute atomic E-state index is 0.436. The monoisotopic (exact) mass is 457 g/mol. The number of aromatic nitrogens is 2. The topological polar surface area (TPSA) is 110 Å². The van der Waals surface area contributed by atoms with Crippen LogP contribution in [0.4, 0.5) is 5.82 Å². The van der Waals surface area contributed by atoms with Crippen LogP contribution in [-0.4, -0.2) is 92.4 Å². The van der Waals surface area contributed by atoms with Gasteiger partial charge in [0, 0.05) is 44.5 Å². The van der Waals surface area contributed by atoms with E-state index in [2.05, 4.69) is 32.2 Å². The van der Waals surface area contributed by atoms with Crippen molar-refractivity contribution in [1.29, 1.82) is 0 Å². The molecule has 0 spiro atoms. The second kappa shape index (κ2) is 11.0. The summed E-state index contributed by atoms with van der Waals surface area (Å²) in [7, 11) is 0. The third kappa shape index (κ3) is 6.43. The van der Waals surface area contributed by atoms with Gasteiger partial charge in [-0.15, -0.1) is 0 Å². The summed E-state index contributed by atoms with van der Waals surface area (Å²) < 4.78 is 16.9. The summed E-state index contributed by atoms with van der Waals surface area (Å²) in [4.78, 5) is 13.8. The normalized spacial score (nSPS) is 24.5. The molecule has 1 aromatic heterocycles. The molecule has 0 radical (unpaired) electrons. The number of nitrogens with two attached hydrogens (primary N) is 1. The van der Waals surface area contributed by atoms with Crippen molar-refractivity contribution >= 4 is 12.0 Å². The molecule has 180 valence electrons. The molecule has 3 aliphatic rings. The van der Waals surface area contributed by atoms with Crippen LogP contribution in [0.15, 0.2) is 34.6 Å². The number of anilines is 1. The first-order chi connectivity index (χ1) is 16.0. The van der Waals surface area contributed by atoms with Crippen molar-refractivity contribution < 1.29 is 14.2 Å². The van der Waals surface area contributed by atoms with Crippen LogP contribution in [0.3, 0.4) is 0 Å². The summed E-state index contributed by atoms with van der Waals surface area (Å²) in [5.74, 6) is 1.85. The van der Waals surface area contributed by atoms with Crippen LogP contribution in [0.1, 0.15) is 26.1 Å². The number of allylic oxidation sites excluding steroid dienone is 2. The maximum Gasteiger partial charge on any atom is 0.219 e. The predicted octanol–water partition coefficient (Wildman–Crippen LogP) is 0.899. The lowest BCUT2D eigenvalue weighted by molar-refractivity contribution is 0.0320. The maximum atomic E-state index is 6.22. The van der Waals surface area contributed by atoms with E-state index in [4.69, 9.17) is 24.9 Å². The minimum atomic E-state index is -0.436. The molecule has 3 N–H and O–H groups in total. The maximum absolute atomic E-state index is 6.22. The molecule has 2 saturated heterocycles. The van der Waals surface area contributed by atoms with Crippen molar-refractivity contribution in [3.05, 3.63) is 35.3 Å². The molecule has 0 aromatic carbocycles. The highest BCUT2D eigenvalue weighted by atomic mass is 16.5. The fourth-order valence-electron chi connectivity index (χ4n) is 4.09. The largest absolute Gasteiger partial charge is 0.476 e. The van der Waals surface area contributed by atoms with Crippen LogP contribution >= 0.6 is 0 Å². The number of hydrazone groups is 1. The second-order valence-corrected chi connectivity index (χ2v) is 8.84. The first-order valence-corrected chi connectivity index (χ1v) is 11.6. The lowest BCUT2D eigenvalue weighted by Gasteiger charge is -2.32. The average Bonchev–Trinajstić information content (AvgIpc) is 2.83.